The van der Waals surface area contributed by atoms with Crippen LogP contribution in [-0.4, -0.2) is 65.3 Å². The molecule has 2 amide bonds. The van der Waals surface area contributed by atoms with E-state index in [0.717, 1.165) is 69.5 Å². The second-order valence-electron chi connectivity index (χ2n) is 8.18. The highest BCUT2D eigenvalue weighted by molar-refractivity contribution is 6.02. The van der Waals surface area contributed by atoms with Crippen molar-refractivity contribution in [1.82, 2.24) is 14.7 Å². The number of amides is 2. The highest BCUT2D eigenvalue weighted by Crippen LogP contribution is 2.39. The Morgan fingerprint density at radius 3 is 2.54 bits per heavy atom. The molecule has 0 bridgehead atoms. The van der Waals surface area contributed by atoms with Crippen LogP contribution in [0, 0.1) is 0 Å². The van der Waals surface area contributed by atoms with Gasteiger partial charge in [0.1, 0.15) is 0 Å². The molecule has 2 aliphatic heterocycles. The number of carbonyl (C=O) groups excluding carboxylic acids is 2. The van der Waals surface area contributed by atoms with Crippen molar-refractivity contribution in [3.05, 3.63) is 47.0 Å². The van der Waals surface area contributed by atoms with Gasteiger partial charge in [0.25, 0.3) is 5.91 Å². The van der Waals surface area contributed by atoms with Crippen LogP contribution in [0.3, 0.4) is 0 Å². The zero-order valence-corrected chi connectivity index (χ0v) is 16.9. The number of carbonyl (C=O) groups is 2. The third-order valence-corrected chi connectivity index (χ3v) is 6.55. The fourth-order valence-corrected chi connectivity index (χ4v) is 4.87. The molecule has 3 aliphatic rings. The number of nitrogens with zero attached hydrogens (tertiary/aromatic N) is 3. The average Bonchev–Trinajstić information content (AvgIpc) is 3.00. The van der Waals surface area contributed by atoms with Crippen LogP contribution in [0.2, 0.25) is 0 Å². The summed E-state index contributed by atoms with van der Waals surface area (Å²) in [6.45, 7) is 7.26. The van der Waals surface area contributed by atoms with Crippen molar-refractivity contribution in [1.29, 1.82) is 0 Å². The largest absolute Gasteiger partial charge is 0.340 e. The Morgan fingerprint density at radius 1 is 1.07 bits per heavy atom. The van der Waals surface area contributed by atoms with E-state index in [1.54, 1.807) is 0 Å². The topological polar surface area (TPSA) is 43.9 Å². The smallest absolute Gasteiger partial charge is 0.251 e. The molecule has 150 valence electrons. The fourth-order valence-electron chi connectivity index (χ4n) is 4.87. The van der Waals surface area contributed by atoms with E-state index < -0.39 is 0 Å². The summed E-state index contributed by atoms with van der Waals surface area (Å²) < 4.78 is 0. The first-order chi connectivity index (χ1) is 13.7. The van der Waals surface area contributed by atoms with Gasteiger partial charge in [-0.15, -0.1) is 0 Å². The van der Waals surface area contributed by atoms with Gasteiger partial charge in [-0.25, -0.2) is 0 Å². The third kappa shape index (κ3) is 3.86. The summed E-state index contributed by atoms with van der Waals surface area (Å²) in [5.74, 6) is 0.212. The predicted octanol–water partition coefficient (Wildman–Crippen LogP) is 2.82. The van der Waals surface area contributed by atoms with Crippen molar-refractivity contribution < 1.29 is 9.59 Å². The van der Waals surface area contributed by atoms with Gasteiger partial charge in [0.05, 0.1) is 12.5 Å². The monoisotopic (exact) mass is 381 g/mol. The summed E-state index contributed by atoms with van der Waals surface area (Å²) in [5, 5.41) is 0. The highest BCUT2D eigenvalue weighted by Gasteiger charge is 2.40. The van der Waals surface area contributed by atoms with Gasteiger partial charge < -0.3 is 14.7 Å². The van der Waals surface area contributed by atoms with Crippen molar-refractivity contribution in [3.63, 3.8) is 0 Å². The summed E-state index contributed by atoms with van der Waals surface area (Å²) in [6, 6.07) is 10.4. The molecule has 1 saturated carbocycles. The fraction of sp³-hybridized carbons (Fsp3) is 0.565. The standard InChI is InChI=1S/C23H31N3O2/c1-2-24-12-14-25(15-13-24)22(27)16-20-19-10-6-7-11-21(19)26(23(20)28)17-18-8-4-3-5-9-18/h3-5,8-9,21H,2,6-7,10-17H2,1H3. The average molecular weight is 382 g/mol. The zero-order chi connectivity index (χ0) is 19.5. The van der Waals surface area contributed by atoms with Gasteiger partial charge in [-0.3, -0.25) is 9.59 Å². The van der Waals surface area contributed by atoms with E-state index in [2.05, 4.69) is 24.0 Å². The van der Waals surface area contributed by atoms with Crippen LogP contribution in [0.1, 0.15) is 44.6 Å². The van der Waals surface area contributed by atoms with Crippen LogP contribution in [0.15, 0.2) is 41.5 Å². The first-order valence-corrected chi connectivity index (χ1v) is 10.7. The lowest BCUT2D eigenvalue weighted by Crippen LogP contribution is -2.48. The number of benzene rings is 1. The first kappa shape index (κ1) is 19.2. The first-order valence-electron chi connectivity index (χ1n) is 10.7. The van der Waals surface area contributed by atoms with Crippen LogP contribution in [-0.2, 0) is 16.1 Å². The molecule has 28 heavy (non-hydrogen) atoms. The van der Waals surface area contributed by atoms with E-state index in [1.807, 2.05) is 28.0 Å². The Balaban J connectivity index is 1.47. The molecule has 0 radical (unpaired) electrons. The summed E-state index contributed by atoms with van der Waals surface area (Å²) in [5.41, 5.74) is 3.19. The third-order valence-electron chi connectivity index (χ3n) is 6.55. The zero-order valence-electron chi connectivity index (χ0n) is 16.9. The number of fused-ring (bicyclic) bond motifs is 1. The highest BCUT2D eigenvalue weighted by atomic mass is 16.2. The van der Waals surface area contributed by atoms with E-state index in [9.17, 15) is 9.59 Å². The lowest BCUT2D eigenvalue weighted by Gasteiger charge is -2.34. The van der Waals surface area contributed by atoms with Crippen LogP contribution in [0.5, 0.6) is 0 Å². The molecule has 2 heterocycles. The summed E-state index contributed by atoms with van der Waals surface area (Å²) in [4.78, 5) is 32.5. The SMILES string of the molecule is CCN1CCN(C(=O)CC2=C3CCCCC3N(Cc3ccccc3)C2=O)CC1. The van der Waals surface area contributed by atoms with Gasteiger partial charge >= 0.3 is 0 Å². The molecule has 5 heteroatoms. The minimum Gasteiger partial charge on any atom is -0.340 e. The predicted molar refractivity (Wildman–Crippen MR) is 110 cm³/mol. The molecular formula is C23H31N3O2. The van der Waals surface area contributed by atoms with E-state index in [-0.39, 0.29) is 24.3 Å². The Hall–Kier alpha value is -2.14. The maximum Gasteiger partial charge on any atom is 0.251 e. The summed E-state index contributed by atoms with van der Waals surface area (Å²) in [7, 11) is 0. The number of likely N-dealkylation sites (N-methyl/N-ethyl adjacent to an activating group) is 1. The maximum atomic E-state index is 13.3. The molecule has 2 fully saturated rings. The van der Waals surface area contributed by atoms with Gasteiger partial charge in [-0.2, -0.15) is 0 Å². The molecule has 0 aromatic heterocycles. The normalized spacial score (nSPS) is 23.3. The van der Waals surface area contributed by atoms with Crippen molar-refractivity contribution >= 4 is 11.8 Å². The van der Waals surface area contributed by atoms with Crippen LogP contribution >= 0.6 is 0 Å². The number of hydrogen-bond donors (Lipinski definition) is 0. The van der Waals surface area contributed by atoms with Crippen molar-refractivity contribution in [2.45, 2.75) is 51.6 Å². The van der Waals surface area contributed by atoms with Crippen molar-refractivity contribution in [2.75, 3.05) is 32.7 Å². The maximum absolute atomic E-state index is 13.3. The van der Waals surface area contributed by atoms with Gasteiger partial charge in [-0.1, -0.05) is 43.7 Å². The molecule has 1 atom stereocenters. The molecule has 1 aromatic rings. The van der Waals surface area contributed by atoms with Crippen molar-refractivity contribution in [2.24, 2.45) is 0 Å². The van der Waals surface area contributed by atoms with Gasteiger partial charge in [-0.05, 0) is 36.9 Å². The van der Waals surface area contributed by atoms with Crippen LogP contribution in [0.4, 0.5) is 0 Å². The molecule has 4 rings (SSSR count). The number of rotatable bonds is 5. The quantitative estimate of drug-likeness (QED) is 0.788. The van der Waals surface area contributed by atoms with Crippen LogP contribution in [0.25, 0.3) is 0 Å². The Morgan fingerprint density at radius 2 is 1.82 bits per heavy atom. The molecule has 5 nitrogen and oxygen atoms in total. The van der Waals surface area contributed by atoms with E-state index in [1.165, 1.54) is 5.57 Å². The van der Waals surface area contributed by atoms with Crippen molar-refractivity contribution in [3.8, 4) is 0 Å². The molecule has 0 spiro atoms. The minimum absolute atomic E-state index is 0.0892. The van der Waals surface area contributed by atoms with E-state index in [4.69, 9.17) is 0 Å². The Kier molecular flexibility index (Phi) is 5.81. The lowest BCUT2D eigenvalue weighted by atomic mass is 9.88. The summed E-state index contributed by atoms with van der Waals surface area (Å²) in [6.07, 6.45) is 4.56. The van der Waals surface area contributed by atoms with Crippen LogP contribution < -0.4 is 0 Å². The molecule has 0 N–H and O–H groups in total. The molecule has 1 saturated heterocycles. The molecular weight excluding hydrogens is 350 g/mol. The summed E-state index contributed by atoms with van der Waals surface area (Å²) >= 11 is 0. The Bertz CT molecular complexity index is 750. The molecule has 1 aromatic carbocycles. The molecule has 1 aliphatic carbocycles. The van der Waals surface area contributed by atoms with Gasteiger partial charge in [0.2, 0.25) is 5.91 Å². The lowest BCUT2D eigenvalue weighted by molar-refractivity contribution is -0.134. The number of hydrogen-bond acceptors (Lipinski definition) is 3. The van der Waals surface area contributed by atoms with E-state index >= 15 is 0 Å². The van der Waals surface area contributed by atoms with E-state index in [0.29, 0.717) is 6.54 Å². The Labute approximate surface area is 168 Å². The molecule has 1 unspecified atom stereocenters. The van der Waals surface area contributed by atoms with Gasteiger partial charge in [0.15, 0.2) is 0 Å². The number of piperazine rings is 1. The second-order valence-corrected chi connectivity index (χ2v) is 8.18. The minimum atomic E-state index is 0.0892. The van der Waals surface area contributed by atoms with Gasteiger partial charge in [0, 0.05) is 38.3 Å². The second kappa shape index (κ2) is 8.48.